The van der Waals surface area contributed by atoms with E-state index in [4.69, 9.17) is 0 Å². The molecule has 27 heavy (non-hydrogen) atoms. The molecule has 0 spiro atoms. The molecular weight excluding hydrogens is 334 g/mol. The van der Waals surface area contributed by atoms with Gasteiger partial charge in [0.25, 0.3) is 0 Å². The fraction of sp³-hybridized carbons (Fsp3) is 0.261. The van der Waals surface area contributed by atoms with Crippen LogP contribution in [0.5, 0.6) is 0 Å². The molecule has 2 aromatic heterocycles. The number of nitrogens with zero attached hydrogens (tertiary/aromatic N) is 1. The molecule has 0 aliphatic heterocycles. The summed E-state index contributed by atoms with van der Waals surface area (Å²) in [5.74, 6) is 0.146. The lowest BCUT2D eigenvalue weighted by Gasteiger charge is -2.07. The monoisotopic (exact) mass is 359 g/mol. The normalized spacial score (nSPS) is 11.3. The third kappa shape index (κ3) is 4.05. The van der Waals surface area contributed by atoms with Crippen molar-refractivity contribution in [2.75, 3.05) is 6.54 Å². The van der Waals surface area contributed by atoms with Crippen LogP contribution in [0.3, 0.4) is 0 Å². The first-order valence-electron chi connectivity index (χ1n) is 9.67. The molecule has 0 saturated heterocycles. The molecule has 0 atom stereocenters. The molecule has 2 N–H and O–H groups in total. The Hall–Kier alpha value is -3.01. The minimum Gasteiger partial charge on any atom is -0.361 e. The molecular formula is C23H25N3O. The van der Waals surface area contributed by atoms with Gasteiger partial charge in [0.2, 0.25) is 5.91 Å². The lowest BCUT2D eigenvalue weighted by molar-refractivity contribution is -0.121. The molecule has 4 heteroatoms. The number of carbonyl (C=O) groups is 1. The van der Waals surface area contributed by atoms with Gasteiger partial charge in [-0.15, -0.1) is 0 Å². The number of aromatic amines is 1. The number of para-hydroxylation sites is 2. The number of fused-ring (bicyclic) bond motifs is 2. The number of aromatic nitrogens is 2. The lowest BCUT2D eigenvalue weighted by atomic mass is 10.1. The highest BCUT2D eigenvalue weighted by Crippen LogP contribution is 2.19. The molecule has 0 aliphatic rings. The molecule has 0 bridgehead atoms. The summed E-state index contributed by atoms with van der Waals surface area (Å²) < 4.78 is 2.25. The zero-order chi connectivity index (χ0) is 18.5. The number of nitrogens with one attached hydrogen (secondary N) is 2. The van der Waals surface area contributed by atoms with Gasteiger partial charge in [-0.05, 0) is 48.4 Å². The second-order valence-electron chi connectivity index (χ2n) is 6.98. The summed E-state index contributed by atoms with van der Waals surface area (Å²) >= 11 is 0. The number of benzene rings is 2. The van der Waals surface area contributed by atoms with Gasteiger partial charge >= 0.3 is 0 Å². The zero-order valence-corrected chi connectivity index (χ0v) is 15.4. The van der Waals surface area contributed by atoms with Crippen molar-refractivity contribution in [1.82, 2.24) is 14.9 Å². The topological polar surface area (TPSA) is 49.8 Å². The van der Waals surface area contributed by atoms with E-state index >= 15 is 0 Å². The fourth-order valence-corrected chi connectivity index (χ4v) is 3.68. The van der Waals surface area contributed by atoms with Crippen LogP contribution < -0.4 is 5.32 Å². The standard InChI is InChI=1S/C23H25N3O/c27-23(12-5-8-19-17-25-21-10-3-2-9-20(19)21)24-14-6-15-26-16-13-18-7-1-4-11-22(18)26/h1-4,7,9-11,13,16-17,25H,5-6,8,12,14-15H2,(H,24,27). The van der Waals surface area contributed by atoms with Gasteiger partial charge in [-0.25, -0.2) is 0 Å². The SMILES string of the molecule is O=C(CCCc1c[nH]c2ccccc12)NCCCn1ccc2ccccc21. The van der Waals surface area contributed by atoms with Gasteiger partial charge in [0, 0.05) is 48.3 Å². The van der Waals surface area contributed by atoms with Gasteiger partial charge < -0.3 is 14.9 Å². The van der Waals surface area contributed by atoms with Gasteiger partial charge in [-0.1, -0.05) is 36.4 Å². The Bertz CT molecular complexity index is 1040. The summed E-state index contributed by atoms with van der Waals surface area (Å²) in [6.45, 7) is 1.64. The quantitative estimate of drug-likeness (QED) is 0.442. The summed E-state index contributed by atoms with van der Waals surface area (Å²) in [5, 5.41) is 5.57. The Labute approximate surface area is 159 Å². The smallest absolute Gasteiger partial charge is 0.220 e. The van der Waals surface area contributed by atoms with Crippen LogP contribution in [-0.4, -0.2) is 22.0 Å². The van der Waals surface area contributed by atoms with Crippen LogP contribution in [0.15, 0.2) is 67.0 Å². The first-order valence-corrected chi connectivity index (χ1v) is 9.67. The van der Waals surface area contributed by atoms with Crippen molar-refractivity contribution in [3.8, 4) is 0 Å². The Morgan fingerprint density at radius 2 is 1.85 bits per heavy atom. The van der Waals surface area contributed by atoms with E-state index in [0.29, 0.717) is 6.42 Å². The van der Waals surface area contributed by atoms with Crippen LogP contribution in [0.25, 0.3) is 21.8 Å². The van der Waals surface area contributed by atoms with Crippen LogP contribution in [0, 0.1) is 0 Å². The van der Waals surface area contributed by atoms with E-state index in [1.807, 2.05) is 6.07 Å². The maximum atomic E-state index is 12.1. The number of amides is 1. The Balaban J connectivity index is 1.18. The predicted octanol–water partition coefficient (Wildman–Crippen LogP) is 4.65. The molecule has 2 heterocycles. The van der Waals surface area contributed by atoms with Gasteiger partial charge in [0.1, 0.15) is 0 Å². The summed E-state index contributed by atoms with van der Waals surface area (Å²) in [5.41, 5.74) is 3.70. The Morgan fingerprint density at radius 3 is 2.81 bits per heavy atom. The summed E-state index contributed by atoms with van der Waals surface area (Å²) in [7, 11) is 0. The van der Waals surface area contributed by atoms with Crippen LogP contribution in [-0.2, 0) is 17.8 Å². The van der Waals surface area contributed by atoms with Crippen molar-refractivity contribution in [2.45, 2.75) is 32.2 Å². The maximum Gasteiger partial charge on any atom is 0.220 e. The molecule has 0 saturated carbocycles. The molecule has 0 radical (unpaired) electrons. The van der Waals surface area contributed by atoms with Crippen LogP contribution in [0.1, 0.15) is 24.8 Å². The largest absolute Gasteiger partial charge is 0.361 e. The average molecular weight is 359 g/mol. The summed E-state index contributed by atoms with van der Waals surface area (Å²) in [4.78, 5) is 15.4. The van der Waals surface area contributed by atoms with Crippen molar-refractivity contribution >= 4 is 27.7 Å². The fourth-order valence-electron chi connectivity index (χ4n) is 3.68. The molecule has 0 unspecified atom stereocenters. The number of H-pyrrole nitrogens is 1. The molecule has 4 aromatic rings. The maximum absolute atomic E-state index is 12.1. The number of hydrogen-bond acceptors (Lipinski definition) is 1. The second kappa shape index (κ2) is 8.12. The van der Waals surface area contributed by atoms with E-state index in [1.54, 1.807) is 0 Å². The highest BCUT2D eigenvalue weighted by atomic mass is 16.1. The third-order valence-electron chi connectivity index (χ3n) is 5.10. The summed E-state index contributed by atoms with van der Waals surface area (Å²) in [6.07, 6.45) is 7.49. The van der Waals surface area contributed by atoms with E-state index in [0.717, 1.165) is 37.9 Å². The molecule has 1 amide bonds. The van der Waals surface area contributed by atoms with Crippen molar-refractivity contribution in [3.05, 3.63) is 72.6 Å². The van der Waals surface area contributed by atoms with Crippen molar-refractivity contribution in [3.63, 3.8) is 0 Å². The van der Waals surface area contributed by atoms with Gasteiger partial charge in [0.15, 0.2) is 0 Å². The first kappa shape index (κ1) is 17.4. The second-order valence-corrected chi connectivity index (χ2v) is 6.98. The van der Waals surface area contributed by atoms with E-state index in [1.165, 1.54) is 21.9 Å². The number of rotatable bonds is 8. The zero-order valence-electron chi connectivity index (χ0n) is 15.4. The third-order valence-corrected chi connectivity index (χ3v) is 5.10. The van der Waals surface area contributed by atoms with E-state index in [2.05, 4.69) is 75.8 Å². The lowest BCUT2D eigenvalue weighted by Crippen LogP contribution is -2.25. The van der Waals surface area contributed by atoms with Crippen molar-refractivity contribution in [2.24, 2.45) is 0 Å². The number of aryl methyl sites for hydroxylation is 2. The molecule has 0 aliphatic carbocycles. The van der Waals surface area contributed by atoms with E-state index in [9.17, 15) is 4.79 Å². The Kier molecular flexibility index (Phi) is 5.24. The number of hydrogen-bond donors (Lipinski definition) is 2. The van der Waals surface area contributed by atoms with Gasteiger partial charge in [-0.3, -0.25) is 4.79 Å². The average Bonchev–Trinajstić information content (AvgIpc) is 3.30. The van der Waals surface area contributed by atoms with Gasteiger partial charge in [0.05, 0.1) is 0 Å². The van der Waals surface area contributed by atoms with Crippen LogP contribution in [0.2, 0.25) is 0 Å². The molecule has 0 fully saturated rings. The van der Waals surface area contributed by atoms with Crippen LogP contribution >= 0.6 is 0 Å². The Morgan fingerprint density at radius 1 is 1.00 bits per heavy atom. The molecule has 4 nitrogen and oxygen atoms in total. The first-order chi connectivity index (χ1) is 13.3. The highest BCUT2D eigenvalue weighted by molar-refractivity contribution is 5.83. The van der Waals surface area contributed by atoms with E-state index < -0.39 is 0 Å². The minimum atomic E-state index is 0.146. The number of carbonyl (C=O) groups excluding carboxylic acids is 1. The van der Waals surface area contributed by atoms with Crippen molar-refractivity contribution in [1.29, 1.82) is 0 Å². The molecule has 4 rings (SSSR count). The summed E-state index contributed by atoms with van der Waals surface area (Å²) in [6, 6.07) is 18.8. The van der Waals surface area contributed by atoms with Crippen LogP contribution in [0.4, 0.5) is 0 Å². The van der Waals surface area contributed by atoms with Crippen molar-refractivity contribution < 1.29 is 4.79 Å². The molecule has 2 aromatic carbocycles. The van der Waals surface area contributed by atoms with E-state index in [-0.39, 0.29) is 5.91 Å². The predicted molar refractivity (Wildman–Crippen MR) is 111 cm³/mol. The minimum absolute atomic E-state index is 0.146. The highest BCUT2D eigenvalue weighted by Gasteiger charge is 2.05. The molecule has 138 valence electrons. The van der Waals surface area contributed by atoms with Gasteiger partial charge in [-0.2, -0.15) is 0 Å².